The summed E-state index contributed by atoms with van der Waals surface area (Å²) in [6.07, 6.45) is 3.88. The molecular weight excluding hydrogens is 330 g/mol. The molecule has 0 spiro atoms. The molecule has 3 rings (SSSR count). The summed E-state index contributed by atoms with van der Waals surface area (Å²) in [6.45, 7) is 3.10. The SMILES string of the molecule is CCNC(CC1CC1)c1cc2c(cc1Br)n(C)c(=O)n2C. The lowest BCUT2D eigenvalue weighted by Crippen LogP contribution is -2.22. The first-order valence-electron chi connectivity index (χ1n) is 7.61. The standard InChI is InChI=1S/C16H22BrN3O/c1-4-18-13(7-10-5-6-10)11-8-14-15(9-12(11)17)20(3)16(21)19(14)2/h8-10,13,18H,4-7H2,1-3H3. The summed E-state index contributed by atoms with van der Waals surface area (Å²) < 4.78 is 4.51. The molecule has 0 bridgehead atoms. The highest BCUT2D eigenvalue weighted by Gasteiger charge is 2.27. The summed E-state index contributed by atoms with van der Waals surface area (Å²) in [5.74, 6) is 0.858. The second-order valence-corrected chi connectivity index (χ2v) is 6.91. The second kappa shape index (κ2) is 5.61. The second-order valence-electron chi connectivity index (χ2n) is 6.05. The predicted molar refractivity (Wildman–Crippen MR) is 89.6 cm³/mol. The van der Waals surface area contributed by atoms with Gasteiger partial charge in [-0.15, -0.1) is 0 Å². The molecule has 1 aliphatic carbocycles. The van der Waals surface area contributed by atoms with Gasteiger partial charge < -0.3 is 5.32 Å². The molecule has 1 aliphatic rings. The van der Waals surface area contributed by atoms with Crippen LogP contribution in [0.4, 0.5) is 0 Å². The van der Waals surface area contributed by atoms with E-state index in [4.69, 9.17) is 0 Å². The highest BCUT2D eigenvalue weighted by molar-refractivity contribution is 9.10. The van der Waals surface area contributed by atoms with Crippen molar-refractivity contribution in [3.05, 3.63) is 32.7 Å². The van der Waals surface area contributed by atoms with Crippen molar-refractivity contribution in [3.8, 4) is 0 Å². The van der Waals surface area contributed by atoms with Crippen LogP contribution in [0.3, 0.4) is 0 Å². The Morgan fingerprint density at radius 1 is 1.29 bits per heavy atom. The minimum atomic E-state index is 0.0243. The summed E-state index contributed by atoms with van der Waals surface area (Å²) in [6, 6.07) is 4.59. The molecule has 2 aromatic rings. The zero-order chi connectivity index (χ0) is 15.1. The van der Waals surface area contributed by atoms with E-state index in [1.165, 1.54) is 24.8 Å². The van der Waals surface area contributed by atoms with Gasteiger partial charge in [0.2, 0.25) is 0 Å². The molecule has 0 aliphatic heterocycles. The minimum Gasteiger partial charge on any atom is -0.310 e. The number of benzene rings is 1. The lowest BCUT2D eigenvalue weighted by Gasteiger charge is -2.20. The van der Waals surface area contributed by atoms with E-state index >= 15 is 0 Å². The van der Waals surface area contributed by atoms with Gasteiger partial charge in [0.25, 0.3) is 0 Å². The normalized spacial score (nSPS) is 16.6. The largest absolute Gasteiger partial charge is 0.328 e. The number of fused-ring (bicyclic) bond motifs is 1. The van der Waals surface area contributed by atoms with Crippen LogP contribution in [0.5, 0.6) is 0 Å². The summed E-state index contributed by atoms with van der Waals surface area (Å²) >= 11 is 3.70. The van der Waals surface area contributed by atoms with Crippen LogP contribution in [0.15, 0.2) is 21.4 Å². The third kappa shape index (κ3) is 2.69. The molecule has 1 unspecified atom stereocenters. The Balaban J connectivity index is 2.09. The first-order chi connectivity index (χ1) is 10.0. The van der Waals surface area contributed by atoms with E-state index in [2.05, 4.69) is 40.3 Å². The molecule has 1 saturated carbocycles. The van der Waals surface area contributed by atoms with Crippen LogP contribution < -0.4 is 11.0 Å². The molecule has 1 aromatic heterocycles. The van der Waals surface area contributed by atoms with E-state index in [-0.39, 0.29) is 5.69 Å². The van der Waals surface area contributed by atoms with Crippen molar-refractivity contribution in [2.24, 2.45) is 20.0 Å². The minimum absolute atomic E-state index is 0.0243. The van der Waals surface area contributed by atoms with Gasteiger partial charge >= 0.3 is 5.69 Å². The quantitative estimate of drug-likeness (QED) is 0.898. The van der Waals surface area contributed by atoms with E-state index in [0.29, 0.717) is 6.04 Å². The fourth-order valence-corrected chi connectivity index (χ4v) is 3.66. The molecular formula is C16H22BrN3O. The highest BCUT2D eigenvalue weighted by atomic mass is 79.9. The van der Waals surface area contributed by atoms with Gasteiger partial charge in [0, 0.05) is 24.6 Å². The third-order valence-electron chi connectivity index (χ3n) is 4.48. The van der Waals surface area contributed by atoms with Crippen LogP contribution in [0.2, 0.25) is 0 Å². The Kier molecular flexibility index (Phi) is 3.97. The Bertz CT molecular complexity index is 727. The molecule has 4 nitrogen and oxygen atoms in total. The first-order valence-corrected chi connectivity index (χ1v) is 8.40. The van der Waals surface area contributed by atoms with Crippen molar-refractivity contribution < 1.29 is 0 Å². The molecule has 1 aromatic carbocycles. The third-order valence-corrected chi connectivity index (χ3v) is 5.17. The molecule has 5 heteroatoms. The van der Waals surface area contributed by atoms with Crippen molar-refractivity contribution in [1.82, 2.24) is 14.5 Å². The van der Waals surface area contributed by atoms with Crippen molar-refractivity contribution in [2.75, 3.05) is 6.54 Å². The number of hydrogen-bond donors (Lipinski definition) is 1. The van der Waals surface area contributed by atoms with E-state index in [1.54, 1.807) is 9.13 Å². The fourth-order valence-electron chi connectivity index (χ4n) is 3.06. The lowest BCUT2D eigenvalue weighted by atomic mass is 10.0. The van der Waals surface area contributed by atoms with Crippen molar-refractivity contribution in [2.45, 2.75) is 32.2 Å². The van der Waals surface area contributed by atoms with Crippen LogP contribution in [0.25, 0.3) is 11.0 Å². The van der Waals surface area contributed by atoms with E-state index < -0.39 is 0 Å². The topological polar surface area (TPSA) is 39.0 Å². The van der Waals surface area contributed by atoms with Gasteiger partial charge in [-0.05, 0) is 36.6 Å². The maximum absolute atomic E-state index is 12.1. The van der Waals surface area contributed by atoms with Crippen LogP contribution in [-0.2, 0) is 14.1 Å². The van der Waals surface area contributed by atoms with Gasteiger partial charge in [-0.1, -0.05) is 35.7 Å². The Morgan fingerprint density at radius 3 is 2.48 bits per heavy atom. The fraction of sp³-hybridized carbons (Fsp3) is 0.562. The maximum Gasteiger partial charge on any atom is 0.328 e. The van der Waals surface area contributed by atoms with Gasteiger partial charge in [0.05, 0.1) is 11.0 Å². The van der Waals surface area contributed by atoms with Crippen LogP contribution in [0, 0.1) is 5.92 Å². The zero-order valence-electron chi connectivity index (χ0n) is 12.8. The van der Waals surface area contributed by atoms with Gasteiger partial charge in [-0.3, -0.25) is 9.13 Å². The molecule has 1 N–H and O–H groups in total. The molecule has 21 heavy (non-hydrogen) atoms. The average molecular weight is 352 g/mol. The summed E-state index contributed by atoms with van der Waals surface area (Å²) in [5, 5.41) is 3.59. The maximum atomic E-state index is 12.1. The molecule has 114 valence electrons. The van der Waals surface area contributed by atoms with E-state index in [1.807, 2.05) is 14.1 Å². The van der Waals surface area contributed by atoms with E-state index in [9.17, 15) is 4.79 Å². The summed E-state index contributed by atoms with van der Waals surface area (Å²) in [4.78, 5) is 12.1. The molecule has 1 fully saturated rings. The molecule has 0 radical (unpaired) electrons. The molecule has 0 amide bonds. The van der Waals surface area contributed by atoms with Crippen LogP contribution in [0.1, 0.15) is 37.8 Å². The average Bonchev–Trinajstić information content (AvgIpc) is 3.25. The lowest BCUT2D eigenvalue weighted by molar-refractivity contribution is 0.485. The number of imidazole rings is 1. The number of nitrogens with one attached hydrogen (secondary N) is 1. The molecule has 1 atom stereocenters. The summed E-state index contributed by atoms with van der Waals surface area (Å²) in [5.41, 5.74) is 3.26. The highest BCUT2D eigenvalue weighted by Crippen LogP contribution is 2.39. The first kappa shape index (κ1) is 14.9. The Labute approximate surface area is 133 Å². The number of nitrogens with zero attached hydrogens (tertiary/aromatic N) is 2. The van der Waals surface area contributed by atoms with E-state index in [0.717, 1.165) is 28.0 Å². The number of hydrogen-bond acceptors (Lipinski definition) is 2. The van der Waals surface area contributed by atoms with Gasteiger partial charge in [-0.25, -0.2) is 4.79 Å². The van der Waals surface area contributed by atoms with Crippen LogP contribution in [-0.4, -0.2) is 15.7 Å². The smallest absolute Gasteiger partial charge is 0.310 e. The van der Waals surface area contributed by atoms with Gasteiger partial charge in [0.15, 0.2) is 0 Å². The number of aryl methyl sites for hydroxylation is 2. The van der Waals surface area contributed by atoms with Crippen LogP contribution >= 0.6 is 15.9 Å². The van der Waals surface area contributed by atoms with Gasteiger partial charge in [-0.2, -0.15) is 0 Å². The van der Waals surface area contributed by atoms with Crippen molar-refractivity contribution >= 4 is 27.0 Å². The molecule has 1 heterocycles. The number of rotatable bonds is 5. The predicted octanol–water partition coefficient (Wildman–Crippen LogP) is 3.09. The molecule has 0 saturated heterocycles. The van der Waals surface area contributed by atoms with Gasteiger partial charge in [0.1, 0.15) is 0 Å². The monoisotopic (exact) mass is 351 g/mol. The Morgan fingerprint density at radius 2 is 1.90 bits per heavy atom. The Hall–Kier alpha value is -1.07. The number of aromatic nitrogens is 2. The number of halogens is 1. The van der Waals surface area contributed by atoms with Crippen molar-refractivity contribution in [1.29, 1.82) is 0 Å². The summed E-state index contributed by atoms with van der Waals surface area (Å²) in [7, 11) is 3.66. The zero-order valence-corrected chi connectivity index (χ0v) is 14.4. The van der Waals surface area contributed by atoms with Crippen molar-refractivity contribution in [3.63, 3.8) is 0 Å².